The van der Waals surface area contributed by atoms with E-state index >= 15 is 0 Å². The minimum Gasteiger partial charge on any atom is -0.487 e. The second-order valence-corrected chi connectivity index (χ2v) is 11.1. The van der Waals surface area contributed by atoms with Crippen molar-refractivity contribution in [1.29, 1.82) is 0 Å². The molecule has 4 aromatic rings. The van der Waals surface area contributed by atoms with Crippen LogP contribution in [0.25, 0.3) is 10.9 Å². The van der Waals surface area contributed by atoms with Gasteiger partial charge in [0.1, 0.15) is 24.0 Å². The van der Waals surface area contributed by atoms with Crippen molar-refractivity contribution in [3.63, 3.8) is 0 Å². The Bertz CT molecular complexity index is 1510. The average Bonchev–Trinajstić information content (AvgIpc) is 2.77. The fourth-order valence-electron chi connectivity index (χ4n) is 3.47. The highest BCUT2D eigenvalue weighted by Crippen LogP contribution is 2.33. The van der Waals surface area contributed by atoms with Gasteiger partial charge >= 0.3 is 0 Å². The normalized spacial score (nSPS) is 12.0. The zero-order valence-electron chi connectivity index (χ0n) is 19.2. The van der Waals surface area contributed by atoms with Crippen LogP contribution in [0.1, 0.15) is 37.7 Å². The topological polar surface area (TPSA) is 56.5 Å². The molecule has 5 nitrogen and oxygen atoms in total. The van der Waals surface area contributed by atoms with Gasteiger partial charge in [-0.1, -0.05) is 60.4 Å². The van der Waals surface area contributed by atoms with Crippen molar-refractivity contribution in [2.24, 2.45) is 5.10 Å². The summed E-state index contributed by atoms with van der Waals surface area (Å²) in [4.78, 5) is 18.1. The van der Waals surface area contributed by atoms with Gasteiger partial charge in [0, 0.05) is 20.5 Å². The van der Waals surface area contributed by atoms with Crippen LogP contribution in [-0.4, -0.2) is 15.9 Å². The van der Waals surface area contributed by atoms with Crippen molar-refractivity contribution in [3.05, 3.63) is 102 Å². The smallest absolute Gasteiger partial charge is 0.282 e. The minimum absolute atomic E-state index is 0.136. The molecule has 0 spiro atoms. The summed E-state index contributed by atoms with van der Waals surface area (Å²) in [5.41, 5.74) is 1.07. The van der Waals surface area contributed by atoms with E-state index in [0.717, 1.165) is 4.47 Å². The monoisotopic (exact) mass is 619 g/mol. The SMILES string of the molecule is CC(C)(C)c1nc2ccc(Br)cc2c(=O)n1N=Cc1cc(Cl)cc(Br)c1OCc1cccc(F)c1. The summed E-state index contributed by atoms with van der Waals surface area (Å²) < 4.78 is 22.3. The molecule has 35 heavy (non-hydrogen) atoms. The van der Waals surface area contributed by atoms with Crippen molar-refractivity contribution < 1.29 is 9.13 Å². The molecule has 0 aliphatic heterocycles. The lowest BCUT2D eigenvalue weighted by atomic mass is 9.95. The molecule has 0 atom stereocenters. The Labute approximate surface area is 223 Å². The van der Waals surface area contributed by atoms with Crippen LogP contribution in [0.2, 0.25) is 5.02 Å². The lowest BCUT2D eigenvalue weighted by Gasteiger charge is -2.21. The van der Waals surface area contributed by atoms with Crippen molar-refractivity contribution >= 4 is 60.6 Å². The molecule has 0 N–H and O–H groups in total. The molecule has 3 aromatic carbocycles. The van der Waals surface area contributed by atoms with Crippen LogP contribution in [-0.2, 0) is 12.0 Å². The molecular weight excluding hydrogens is 601 g/mol. The van der Waals surface area contributed by atoms with Crippen LogP contribution in [0.4, 0.5) is 4.39 Å². The summed E-state index contributed by atoms with van der Waals surface area (Å²) >= 11 is 13.2. The van der Waals surface area contributed by atoms with E-state index in [4.69, 9.17) is 21.3 Å². The average molecular weight is 622 g/mol. The van der Waals surface area contributed by atoms with Crippen LogP contribution >= 0.6 is 43.5 Å². The van der Waals surface area contributed by atoms with Crippen LogP contribution in [0.3, 0.4) is 0 Å². The molecule has 1 heterocycles. The molecule has 9 heteroatoms. The first-order valence-corrected chi connectivity index (χ1v) is 12.6. The highest BCUT2D eigenvalue weighted by Gasteiger charge is 2.23. The first kappa shape index (κ1) is 25.5. The Morgan fingerprint density at radius 3 is 2.63 bits per heavy atom. The number of rotatable bonds is 5. The van der Waals surface area contributed by atoms with Gasteiger partial charge in [-0.3, -0.25) is 4.79 Å². The molecule has 0 fully saturated rings. The van der Waals surface area contributed by atoms with E-state index in [1.807, 2.05) is 26.8 Å². The van der Waals surface area contributed by atoms with Crippen molar-refractivity contribution in [1.82, 2.24) is 9.66 Å². The van der Waals surface area contributed by atoms with Crippen LogP contribution in [0.5, 0.6) is 5.75 Å². The van der Waals surface area contributed by atoms with Gasteiger partial charge in [0.15, 0.2) is 0 Å². The molecule has 4 rings (SSSR count). The number of hydrogen-bond acceptors (Lipinski definition) is 4. The molecule has 0 saturated carbocycles. The molecule has 0 saturated heterocycles. The van der Waals surface area contributed by atoms with Gasteiger partial charge in [-0.15, -0.1) is 0 Å². The van der Waals surface area contributed by atoms with Gasteiger partial charge < -0.3 is 4.74 Å². The summed E-state index contributed by atoms with van der Waals surface area (Å²) in [6, 6.07) is 14.9. The van der Waals surface area contributed by atoms with Gasteiger partial charge in [-0.05, 0) is 64.0 Å². The van der Waals surface area contributed by atoms with Crippen molar-refractivity contribution in [2.45, 2.75) is 32.8 Å². The number of benzene rings is 3. The lowest BCUT2D eigenvalue weighted by molar-refractivity contribution is 0.303. The van der Waals surface area contributed by atoms with E-state index in [9.17, 15) is 9.18 Å². The Balaban J connectivity index is 1.80. The molecule has 0 unspecified atom stereocenters. The molecule has 0 radical (unpaired) electrons. The van der Waals surface area contributed by atoms with E-state index in [1.54, 1.807) is 36.4 Å². The second kappa shape index (κ2) is 10.2. The van der Waals surface area contributed by atoms with Gasteiger partial charge in [-0.25, -0.2) is 9.37 Å². The number of fused-ring (bicyclic) bond motifs is 1. The zero-order chi connectivity index (χ0) is 25.3. The number of nitrogens with zero attached hydrogens (tertiary/aromatic N) is 3. The molecule has 0 amide bonds. The van der Waals surface area contributed by atoms with E-state index in [-0.39, 0.29) is 18.0 Å². The maximum absolute atomic E-state index is 13.6. The molecule has 0 aliphatic carbocycles. The van der Waals surface area contributed by atoms with E-state index < -0.39 is 5.41 Å². The van der Waals surface area contributed by atoms with E-state index in [0.29, 0.717) is 43.1 Å². The molecule has 0 aliphatic rings. The first-order valence-electron chi connectivity index (χ1n) is 10.7. The summed E-state index contributed by atoms with van der Waals surface area (Å²) in [7, 11) is 0. The Hall–Kier alpha value is -2.55. The molecule has 1 aromatic heterocycles. The third-order valence-corrected chi connectivity index (χ3v) is 6.40. The highest BCUT2D eigenvalue weighted by atomic mass is 79.9. The first-order chi connectivity index (χ1) is 16.5. The zero-order valence-corrected chi connectivity index (χ0v) is 23.1. The fourth-order valence-corrected chi connectivity index (χ4v) is 4.78. The van der Waals surface area contributed by atoms with Crippen LogP contribution in [0.15, 0.2) is 73.4 Å². The Kier molecular flexibility index (Phi) is 7.45. The number of hydrogen-bond donors (Lipinski definition) is 0. The second-order valence-electron chi connectivity index (χ2n) is 8.93. The van der Waals surface area contributed by atoms with E-state index in [1.165, 1.54) is 23.0 Å². The van der Waals surface area contributed by atoms with Crippen LogP contribution < -0.4 is 10.3 Å². The predicted octanol–water partition coefficient (Wildman–Crippen LogP) is 7.47. The quantitative estimate of drug-likeness (QED) is 0.217. The van der Waals surface area contributed by atoms with Crippen LogP contribution in [0, 0.1) is 5.82 Å². The summed E-state index contributed by atoms with van der Waals surface area (Å²) in [5, 5.41) is 5.42. The summed E-state index contributed by atoms with van der Waals surface area (Å²) in [6.07, 6.45) is 1.51. The summed E-state index contributed by atoms with van der Waals surface area (Å²) in [5.74, 6) is 0.633. The molecular formula is C26H21Br2ClFN3O2. The third-order valence-electron chi connectivity index (χ3n) is 5.10. The molecule has 180 valence electrons. The largest absolute Gasteiger partial charge is 0.487 e. The standard InChI is InChI=1S/C26H21Br2ClFN3O2/c1-26(2,3)25-32-22-8-7-17(27)11-20(22)24(34)33(25)31-13-16-10-18(29)12-21(28)23(16)35-14-15-5-4-6-19(30)9-15/h4-13H,14H2,1-3H3. The Morgan fingerprint density at radius 1 is 1.14 bits per heavy atom. The van der Waals surface area contributed by atoms with E-state index in [2.05, 4.69) is 37.0 Å². The highest BCUT2D eigenvalue weighted by molar-refractivity contribution is 9.10. The van der Waals surface area contributed by atoms with Gasteiger partial charge in [-0.2, -0.15) is 9.78 Å². The number of ether oxygens (including phenoxy) is 1. The maximum Gasteiger partial charge on any atom is 0.282 e. The molecule has 0 bridgehead atoms. The van der Waals surface area contributed by atoms with Crippen molar-refractivity contribution in [3.8, 4) is 5.75 Å². The number of halogens is 4. The van der Waals surface area contributed by atoms with Crippen molar-refractivity contribution in [2.75, 3.05) is 0 Å². The van der Waals surface area contributed by atoms with Gasteiger partial charge in [0.05, 0.1) is 21.6 Å². The fraction of sp³-hybridized carbons (Fsp3) is 0.192. The summed E-state index contributed by atoms with van der Waals surface area (Å²) in [6.45, 7) is 6.04. The minimum atomic E-state index is -0.455. The van der Waals surface area contributed by atoms with Gasteiger partial charge in [0.25, 0.3) is 5.56 Å². The van der Waals surface area contributed by atoms with Gasteiger partial charge in [0.2, 0.25) is 0 Å². The number of aromatic nitrogens is 2. The predicted molar refractivity (Wildman–Crippen MR) is 145 cm³/mol. The third kappa shape index (κ3) is 5.82. The lowest BCUT2D eigenvalue weighted by Crippen LogP contribution is -2.29. The maximum atomic E-state index is 13.6. The Morgan fingerprint density at radius 2 is 1.91 bits per heavy atom.